The van der Waals surface area contributed by atoms with Crippen LogP contribution in [-0.4, -0.2) is 49.0 Å². The summed E-state index contributed by atoms with van der Waals surface area (Å²) >= 11 is 0. The van der Waals surface area contributed by atoms with Crippen LogP contribution in [0.3, 0.4) is 0 Å². The second-order valence-electron chi connectivity index (χ2n) is 4.11. The summed E-state index contributed by atoms with van der Waals surface area (Å²) in [6, 6.07) is 0.555. The third-order valence-electron chi connectivity index (χ3n) is 2.38. The maximum Gasteiger partial charge on any atom is 0.0589 e. The molecule has 0 rings (SSSR count). The molecule has 86 valence electrons. The summed E-state index contributed by atoms with van der Waals surface area (Å²) in [5, 5.41) is 9.14. The molecule has 0 spiro atoms. The fraction of sp³-hybridized carbons (Fsp3) is 1.00. The van der Waals surface area contributed by atoms with E-state index in [0.717, 1.165) is 32.5 Å². The molecule has 0 aliphatic rings. The van der Waals surface area contributed by atoms with E-state index in [1.165, 1.54) is 0 Å². The Labute approximate surface area is 88.1 Å². The van der Waals surface area contributed by atoms with Gasteiger partial charge in [-0.05, 0) is 40.2 Å². The first kappa shape index (κ1) is 13.9. The predicted molar refractivity (Wildman–Crippen MR) is 59.5 cm³/mol. The van der Waals surface area contributed by atoms with Crippen molar-refractivity contribution < 1.29 is 9.84 Å². The third kappa shape index (κ3) is 7.30. The van der Waals surface area contributed by atoms with Crippen molar-refractivity contribution in [2.75, 3.05) is 26.8 Å². The molecule has 0 aromatic carbocycles. The molecule has 3 nitrogen and oxygen atoms in total. The first-order valence-electron chi connectivity index (χ1n) is 5.49. The molecule has 0 bridgehead atoms. The molecule has 0 radical (unpaired) electrons. The maximum atomic E-state index is 9.14. The van der Waals surface area contributed by atoms with E-state index in [1.807, 2.05) is 6.92 Å². The van der Waals surface area contributed by atoms with Crippen LogP contribution in [0.5, 0.6) is 0 Å². The molecule has 0 fully saturated rings. The minimum Gasteiger partial charge on any atom is -0.393 e. The number of aliphatic hydroxyl groups excluding tert-OH is 1. The molecule has 0 aliphatic carbocycles. The monoisotopic (exact) mass is 203 g/mol. The minimum absolute atomic E-state index is 0.175. The van der Waals surface area contributed by atoms with E-state index in [1.54, 1.807) is 7.11 Å². The number of rotatable bonds is 8. The molecule has 0 aromatic rings. The van der Waals surface area contributed by atoms with Crippen LogP contribution in [0.1, 0.15) is 33.6 Å². The summed E-state index contributed by atoms with van der Waals surface area (Å²) in [6.45, 7) is 9.04. The fourth-order valence-corrected chi connectivity index (χ4v) is 1.43. The van der Waals surface area contributed by atoms with E-state index in [4.69, 9.17) is 9.84 Å². The molecule has 0 saturated heterocycles. The van der Waals surface area contributed by atoms with E-state index >= 15 is 0 Å². The first-order chi connectivity index (χ1) is 6.57. The lowest BCUT2D eigenvalue weighted by Gasteiger charge is -2.26. The van der Waals surface area contributed by atoms with Gasteiger partial charge in [-0.3, -0.25) is 4.90 Å². The minimum atomic E-state index is -0.175. The van der Waals surface area contributed by atoms with Gasteiger partial charge in [-0.25, -0.2) is 0 Å². The van der Waals surface area contributed by atoms with Crippen LogP contribution in [0.15, 0.2) is 0 Å². The Morgan fingerprint density at radius 1 is 1.21 bits per heavy atom. The van der Waals surface area contributed by atoms with Gasteiger partial charge in [0.15, 0.2) is 0 Å². The van der Waals surface area contributed by atoms with E-state index in [9.17, 15) is 0 Å². The highest BCUT2D eigenvalue weighted by Crippen LogP contribution is 2.03. The predicted octanol–water partition coefficient (Wildman–Crippen LogP) is 1.50. The van der Waals surface area contributed by atoms with Gasteiger partial charge in [-0.15, -0.1) is 0 Å². The Bertz CT molecular complexity index is 126. The van der Waals surface area contributed by atoms with Crippen molar-refractivity contribution in [3.63, 3.8) is 0 Å². The summed E-state index contributed by atoms with van der Waals surface area (Å²) in [5.74, 6) is 0. The summed E-state index contributed by atoms with van der Waals surface area (Å²) in [4.78, 5) is 2.38. The van der Waals surface area contributed by atoms with Crippen LogP contribution in [0.25, 0.3) is 0 Å². The molecule has 1 unspecified atom stereocenters. The smallest absolute Gasteiger partial charge is 0.0589 e. The van der Waals surface area contributed by atoms with Gasteiger partial charge < -0.3 is 9.84 Å². The zero-order chi connectivity index (χ0) is 11.0. The Balaban J connectivity index is 3.62. The van der Waals surface area contributed by atoms with Gasteiger partial charge in [-0.2, -0.15) is 0 Å². The van der Waals surface area contributed by atoms with Gasteiger partial charge in [0.2, 0.25) is 0 Å². The second kappa shape index (κ2) is 8.21. The quantitative estimate of drug-likeness (QED) is 0.649. The second-order valence-corrected chi connectivity index (χ2v) is 4.11. The zero-order valence-electron chi connectivity index (χ0n) is 9.99. The molecule has 1 atom stereocenters. The highest BCUT2D eigenvalue weighted by atomic mass is 16.5. The summed E-state index contributed by atoms with van der Waals surface area (Å²) in [6.07, 6.45) is 1.77. The number of methoxy groups -OCH3 is 1. The van der Waals surface area contributed by atoms with Crippen LogP contribution in [0.2, 0.25) is 0 Å². The summed E-state index contributed by atoms with van der Waals surface area (Å²) in [7, 11) is 1.73. The highest BCUT2D eigenvalue weighted by molar-refractivity contribution is 4.63. The van der Waals surface area contributed by atoms with Crippen LogP contribution in [0.4, 0.5) is 0 Å². The highest BCUT2D eigenvalue weighted by Gasteiger charge is 2.08. The molecule has 1 N–H and O–H groups in total. The van der Waals surface area contributed by atoms with Crippen LogP contribution in [-0.2, 0) is 4.74 Å². The van der Waals surface area contributed by atoms with Gasteiger partial charge in [0.25, 0.3) is 0 Å². The van der Waals surface area contributed by atoms with Crippen molar-refractivity contribution in [3.8, 4) is 0 Å². The molecule has 3 heteroatoms. The van der Waals surface area contributed by atoms with Gasteiger partial charge in [0, 0.05) is 19.7 Å². The van der Waals surface area contributed by atoms with Crippen molar-refractivity contribution in [2.45, 2.75) is 45.8 Å². The lowest BCUT2D eigenvalue weighted by molar-refractivity contribution is 0.120. The van der Waals surface area contributed by atoms with E-state index in [0.29, 0.717) is 6.04 Å². The maximum absolute atomic E-state index is 9.14. The van der Waals surface area contributed by atoms with Crippen molar-refractivity contribution in [1.29, 1.82) is 0 Å². The first-order valence-corrected chi connectivity index (χ1v) is 5.49. The number of aliphatic hydroxyl groups is 1. The van der Waals surface area contributed by atoms with E-state index in [2.05, 4.69) is 18.7 Å². The van der Waals surface area contributed by atoms with Crippen LogP contribution < -0.4 is 0 Å². The van der Waals surface area contributed by atoms with Crippen molar-refractivity contribution in [1.82, 2.24) is 4.90 Å². The van der Waals surface area contributed by atoms with Crippen LogP contribution in [0, 0.1) is 0 Å². The summed E-state index contributed by atoms with van der Waals surface area (Å²) < 4.78 is 5.06. The van der Waals surface area contributed by atoms with Gasteiger partial charge in [0.1, 0.15) is 0 Å². The zero-order valence-corrected chi connectivity index (χ0v) is 9.99. The molecule has 0 amide bonds. The number of hydrogen-bond donors (Lipinski definition) is 1. The molecule has 0 aliphatic heterocycles. The lowest BCUT2D eigenvalue weighted by atomic mass is 10.2. The normalized spacial score (nSPS) is 13.9. The van der Waals surface area contributed by atoms with E-state index < -0.39 is 0 Å². The Kier molecular flexibility index (Phi) is 8.14. The van der Waals surface area contributed by atoms with E-state index in [-0.39, 0.29) is 6.10 Å². The Morgan fingerprint density at radius 3 is 2.29 bits per heavy atom. The molecule has 0 heterocycles. The van der Waals surface area contributed by atoms with Gasteiger partial charge in [0.05, 0.1) is 12.7 Å². The molecule has 0 aromatic heterocycles. The number of nitrogens with zero attached hydrogens (tertiary/aromatic N) is 1. The average Bonchev–Trinajstić information content (AvgIpc) is 2.09. The topological polar surface area (TPSA) is 32.7 Å². The molecule has 0 saturated carbocycles. The lowest BCUT2D eigenvalue weighted by Crippen LogP contribution is -2.34. The van der Waals surface area contributed by atoms with Crippen LogP contribution >= 0.6 is 0 Å². The van der Waals surface area contributed by atoms with Crippen molar-refractivity contribution in [3.05, 3.63) is 0 Å². The van der Waals surface area contributed by atoms with Crippen molar-refractivity contribution >= 4 is 0 Å². The molecular formula is C11H25NO2. The van der Waals surface area contributed by atoms with Gasteiger partial charge >= 0.3 is 0 Å². The molecule has 14 heavy (non-hydrogen) atoms. The molecular weight excluding hydrogens is 178 g/mol. The largest absolute Gasteiger partial charge is 0.393 e. The SMILES string of the molecule is COCCN(CCCC(C)O)C(C)C. The standard InChI is InChI=1S/C11H25NO2/c1-10(2)12(8-9-14-4)7-5-6-11(3)13/h10-11,13H,5-9H2,1-4H3. The number of ether oxygens (including phenoxy) is 1. The number of hydrogen-bond acceptors (Lipinski definition) is 3. The third-order valence-corrected chi connectivity index (χ3v) is 2.38. The Morgan fingerprint density at radius 2 is 1.86 bits per heavy atom. The van der Waals surface area contributed by atoms with Gasteiger partial charge in [-0.1, -0.05) is 0 Å². The average molecular weight is 203 g/mol. The summed E-state index contributed by atoms with van der Waals surface area (Å²) in [5.41, 5.74) is 0. The fourth-order valence-electron chi connectivity index (χ4n) is 1.43. The Hall–Kier alpha value is -0.120. The van der Waals surface area contributed by atoms with Crippen molar-refractivity contribution in [2.24, 2.45) is 0 Å².